The largest absolute Gasteiger partial charge is 0.388 e. The van der Waals surface area contributed by atoms with E-state index < -0.39 is 5.60 Å². The van der Waals surface area contributed by atoms with E-state index in [0.29, 0.717) is 12.1 Å². The van der Waals surface area contributed by atoms with Gasteiger partial charge in [0.2, 0.25) is 0 Å². The van der Waals surface area contributed by atoms with Gasteiger partial charge in [-0.25, -0.2) is 0 Å². The first-order chi connectivity index (χ1) is 7.24. The van der Waals surface area contributed by atoms with Crippen molar-refractivity contribution >= 4 is 0 Å². The maximum atomic E-state index is 10.6. The first kappa shape index (κ1) is 11.4. The van der Waals surface area contributed by atoms with E-state index in [-0.39, 0.29) is 0 Å². The summed E-state index contributed by atoms with van der Waals surface area (Å²) in [5.74, 6) is 0. The van der Waals surface area contributed by atoms with Crippen LogP contribution < -0.4 is 5.32 Å². The van der Waals surface area contributed by atoms with Crippen LogP contribution in [0, 0.1) is 0 Å². The monoisotopic (exact) mass is 213 g/mol. The highest BCUT2D eigenvalue weighted by Crippen LogP contribution is 2.34. The zero-order valence-electron chi connectivity index (χ0n) is 9.67. The summed E-state index contributed by atoms with van der Waals surface area (Å²) in [5.41, 5.74) is -0.434. The van der Waals surface area contributed by atoms with E-state index in [1.54, 1.807) is 7.11 Å². The summed E-state index contributed by atoms with van der Waals surface area (Å²) in [4.78, 5) is 0. The molecule has 0 amide bonds. The van der Waals surface area contributed by atoms with Crippen molar-refractivity contribution in [2.24, 2.45) is 0 Å². The normalized spacial score (nSPS) is 36.4. The second-order valence-corrected chi connectivity index (χ2v) is 5.06. The van der Waals surface area contributed by atoms with Gasteiger partial charge in [-0.15, -0.1) is 0 Å². The molecule has 0 aromatic rings. The summed E-state index contributed by atoms with van der Waals surface area (Å²) in [7, 11) is 1.77. The van der Waals surface area contributed by atoms with Crippen LogP contribution in [0.25, 0.3) is 0 Å². The zero-order valence-corrected chi connectivity index (χ0v) is 9.67. The third-order valence-electron chi connectivity index (χ3n) is 4.07. The molecule has 2 fully saturated rings. The lowest BCUT2D eigenvalue weighted by atomic mass is 9.76. The molecule has 0 aromatic heterocycles. The molecule has 0 bridgehead atoms. The Kier molecular flexibility index (Phi) is 3.65. The van der Waals surface area contributed by atoms with Crippen molar-refractivity contribution in [3.05, 3.63) is 0 Å². The number of rotatable bonds is 2. The maximum Gasteiger partial charge on any atom is 0.0800 e. The molecule has 2 N–H and O–H groups in total. The number of ether oxygens (including phenoxy) is 1. The molecule has 1 saturated heterocycles. The van der Waals surface area contributed by atoms with E-state index in [1.807, 2.05) is 0 Å². The molecule has 3 heteroatoms. The fourth-order valence-corrected chi connectivity index (χ4v) is 3.00. The van der Waals surface area contributed by atoms with Crippen molar-refractivity contribution in [1.82, 2.24) is 5.32 Å². The molecule has 1 saturated carbocycles. The van der Waals surface area contributed by atoms with Gasteiger partial charge in [-0.2, -0.15) is 0 Å². The van der Waals surface area contributed by atoms with Crippen LogP contribution in [0.2, 0.25) is 0 Å². The minimum Gasteiger partial charge on any atom is -0.388 e. The SMILES string of the molecule is COC1CCC(C2(O)CCCCC2)NC1. The minimum absolute atomic E-state index is 0.296. The molecule has 1 heterocycles. The Bertz CT molecular complexity index is 194. The van der Waals surface area contributed by atoms with Gasteiger partial charge in [0.15, 0.2) is 0 Å². The van der Waals surface area contributed by atoms with E-state index in [2.05, 4.69) is 5.32 Å². The van der Waals surface area contributed by atoms with Gasteiger partial charge in [0.25, 0.3) is 0 Å². The highest BCUT2D eigenvalue weighted by molar-refractivity contribution is 4.96. The first-order valence-corrected chi connectivity index (χ1v) is 6.23. The summed E-state index contributed by atoms with van der Waals surface area (Å²) in [6.45, 7) is 0.892. The molecule has 0 radical (unpaired) electrons. The standard InChI is InChI=1S/C12H23NO2/c1-15-10-5-6-11(13-9-10)12(14)7-3-2-4-8-12/h10-11,13-14H,2-9H2,1H3. The van der Waals surface area contributed by atoms with Crippen LogP contribution in [0.15, 0.2) is 0 Å². The fraction of sp³-hybridized carbons (Fsp3) is 1.00. The van der Waals surface area contributed by atoms with Crippen LogP contribution in [0.1, 0.15) is 44.9 Å². The second-order valence-electron chi connectivity index (χ2n) is 5.06. The van der Waals surface area contributed by atoms with Gasteiger partial charge in [-0.05, 0) is 25.7 Å². The Morgan fingerprint density at radius 3 is 2.47 bits per heavy atom. The Labute approximate surface area is 92.2 Å². The number of piperidine rings is 1. The predicted molar refractivity (Wildman–Crippen MR) is 59.9 cm³/mol. The smallest absolute Gasteiger partial charge is 0.0800 e. The van der Waals surface area contributed by atoms with E-state index in [1.165, 1.54) is 19.3 Å². The Morgan fingerprint density at radius 2 is 1.93 bits per heavy atom. The Morgan fingerprint density at radius 1 is 1.20 bits per heavy atom. The van der Waals surface area contributed by atoms with Crippen molar-refractivity contribution in [2.45, 2.75) is 62.7 Å². The van der Waals surface area contributed by atoms with E-state index in [4.69, 9.17) is 4.74 Å². The molecule has 2 aliphatic rings. The van der Waals surface area contributed by atoms with Crippen LogP contribution in [0.5, 0.6) is 0 Å². The quantitative estimate of drug-likeness (QED) is 0.729. The topological polar surface area (TPSA) is 41.5 Å². The molecule has 1 aliphatic heterocycles. The van der Waals surface area contributed by atoms with Gasteiger partial charge in [0.1, 0.15) is 0 Å². The molecule has 3 nitrogen and oxygen atoms in total. The lowest BCUT2D eigenvalue weighted by molar-refractivity contribution is -0.0516. The van der Waals surface area contributed by atoms with Crippen molar-refractivity contribution in [3.63, 3.8) is 0 Å². The van der Waals surface area contributed by atoms with Gasteiger partial charge >= 0.3 is 0 Å². The number of nitrogens with one attached hydrogen (secondary N) is 1. The summed E-state index contributed by atoms with van der Waals surface area (Å²) in [6.07, 6.45) is 8.07. The molecular weight excluding hydrogens is 190 g/mol. The molecule has 15 heavy (non-hydrogen) atoms. The molecule has 0 aromatic carbocycles. The van der Waals surface area contributed by atoms with E-state index >= 15 is 0 Å². The second kappa shape index (κ2) is 4.81. The first-order valence-electron chi connectivity index (χ1n) is 6.23. The predicted octanol–water partition coefficient (Wildman–Crippen LogP) is 1.45. The Hall–Kier alpha value is -0.120. The number of hydrogen-bond donors (Lipinski definition) is 2. The third-order valence-corrected chi connectivity index (χ3v) is 4.07. The van der Waals surface area contributed by atoms with Gasteiger partial charge in [-0.1, -0.05) is 19.3 Å². The summed E-state index contributed by atoms with van der Waals surface area (Å²) < 4.78 is 5.32. The van der Waals surface area contributed by atoms with Crippen molar-refractivity contribution < 1.29 is 9.84 Å². The van der Waals surface area contributed by atoms with Crippen LogP contribution in [0.4, 0.5) is 0 Å². The van der Waals surface area contributed by atoms with Gasteiger partial charge in [0.05, 0.1) is 11.7 Å². The van der Waals surface area contributed by atoms with Crippen molar-refractivity contribution in [1.29, 1.82) is 0 Å². The molecule has 2 atom stereocenters. The zero-order chi connectivity index (χ0) is 10.7. The number of methoxy groups -OCH3 is 1. The molecule has 2 rings (SSSR count). The molecule has 88 valence electrons. The van der Waals surface area contributed by atoms with Crippen LogP contribution in [-0.4, -0.2) is 36.5 Å². The summed E-state index contributed by atoms with van der Waals surface area (Å²) >= 11 is 0. The lowest BCUT2D eigenvalue weighted by Gasteiger charge is -2.43. The lowest BCUT2D eigenvalue weighted by Crippen LogP contribution is -2.56. The highest BCUT2D eigenvalue weighted by Gasteiger charge is 2.39. The third kappa shape index (κ3) is 2.52. The van der Waals surface area contributed by atoms with Gasteiger partial charge in [0, 0.05) is 19.7 Å². The van der Waals surface area contributed by atoms with Crippen LogP contribution in [0.3, 0.4) is 0 Å². The van der Waals surface area contributed by atoms with Crippen LogP contribution >= 0.6 is 0 Å². The number of hydrogen-bond acceptors (Lipinski definition) is 3. The summed E-state index contributed by atoms with van der Waals surface area (Å²) in [6, 6.07) is 0.296. The molecular formula is C12H23NO2. The molecule has 2 unspecified atom stereocenters. The Balaban J connectivity index is 1.88. The van der Waals surface area contributed by atoms with Crippen molar-refractivity contribution in [3.8, 4) is 0 Å². The van der Waals surface area contributed by atoms with Crippen LogP contribution in [-0.2, 0) is 4.74 Å². The molecule has 0 spiro atoms. The minimum atomic E-state index is -0.434. The highest BCUT2D eigenvalue weighted by atomic mass is 16.5. The average molecular weight is 213 g/mol. The molecule has 1 aliphatic carbocycles. The maximum absolute atomic E-state index is 10.6. The van der Waals surface area contributed by atoms with Crippen molar-refractivity contribution in [2.75, 3.05) is 13.7 Å². The summed E-state index contributed by atoms with van der Waals surface area (Å²) in [5, 5.41) is 14.0. The van der Waals surface area contributed by atoms with E-state index in [0.717, 1.165) is 32.2 Å². The number of aliphatic hydroxyl groups is 1. The van der Waals surface area contributed by atoms with Gasteiger partial charge < -0.3 is 15.2 Å². The van der Waals surface area contributed by atoms with Gasteiger partial charge in [-0.3, -0.25) is 0 Å². The van der Waals surface area contributed by atoms with E-state index in [9.17, 15) is 5.11 Å². The average Bonchev–Trinajstić information content (AvgIpc) is 2.30. The fourth-order valence-electron chi connectivity index (χ4n) is 3.00.